The molecule has 2 aromatic heterocycles. The largest absolute Gasteiger partial charge is 0.347 e. The fourth-order valence-electron chi connectivity index (χ4n) is 4.02. The number of nitrogens with zero attached hydrogens (tertiary/aromatic N) is 5. The van der Waals surface area contributed by atoms with Crippen molar-refractivity contribution in [2.75, 3.05) is 18.0 Å². The number of piperazine rings is 1. The van der Waals surface area contributed by atoms with Gasteiger partial charge in [0.15, 0.2) is 0 Å². The van der Waals surface area contributed by atoms with Crippen LogP contribution in [0.15, 0.2) is 55.0 Å². The number of hydrogen-bond donors (Lipinski definition) is 0. The quantitative estimate of drug-likeness (QED) is 0.742. The number of rotatable bonds is 3. The topological polar surface area (TPSA) is 45.2 Å². The van der Waals surface area contributed by atoms with Gasteiger partial charge in [0.1, 0.15) is 5.82 Å². The second-order valence-corrected chi connectivity index (χ2v) is 6.72. The first kappa shape index (κ1) is 13.9. The Labute approximate surface area is 141 Å². The van der Waals surface area contributed by atoms with E-state index in [0.29, 0.717) is 12.1 Å². The van der Waals surface area contributed by atoms with Gasteiger partial charge >= 0.3 is 0 Å². The normalized spacial score (nSPS) is 23.2. The molecule has 5 nitrogen and oxygen atoms in total. The molecule has 3 fully saturated rings. The third-order valence-corrected chi connectivity index (χ3v) is 5.12. The lowest BCUT2D eigenvalue weighted by molar-refractivity contribution is 0.108. The average Bonchev–Trinajstić information content (AvgIpc) is 2.62. The van der Waals surface area contributed by atoms with Crippen LogP contribution in [0.5, 0.6) is 0 Å². The van der Waals surface area contributed by atoms with Gasteiger partial charge in [0.25, 0.3) is 0 Å². The zero-order valence-electron chi connectivity index (χ0n) is 13.4. The maximum atomic E-state index is 4.83. The molecule has 6 rings (SSSR count). The van der Waals surface area contributed by atoms with E-state index in [-0.39, 0.29) is 0 Å². The van der Waals surface area contributed by atoms with Crippen LogP contribution in [-0.2, 0) is 6.54 Å². The minimum Gasteiger partial charge on any atom is -0.347 e. The Morgan fingerprint density at radius 3 is 2.50 bits per heavy atom. The van der Waals surface area contributed by atoms with Crippen molar-refractivity contribution >= 4 is 16.9 Å². The molecule has 0 saturated carbocycles. The number of benzene rings is 1. The van der Waals surface area contributed by atoms with E-state index >= 15 is 0 Å². The fraction of sp³-hybridized carbons (Fsp3) is 0.316. The highest BCUT2D eigenvalue weighted by Gasteiger charge is 2.45. The molecule has 5 heteroatoms. The van der Waals surface area contributed by atoms with Crippen molar-refractivity contribution in [2.45, 2.75) is 25.0 Å². The number of para-hydroxylation sites is 2. The summed E-state index contributed by atoms with van der Waals surface area (Å²) in [6.45, 7) is 3.19. The van der Waals surface area contributed by atoms with Gasteiger partial charge in [-0.15, -0.1) is 0 Å². The molecule has 0 spiro atoms. The minimum atomic E-state index is 0.557. The second kappa shape index (κ2) is 5.53. The van der Waals surface area contributed by atoms with Gasteiger partial charge in [-0.25, -0.2) is 4.98 Å². The molecule has 3 aromatic rings. The van der Waals surface area contributed by atoms with E-state index in [2.05, 4.69) is 31.9 Å². The second-order valence-electron chi connectivity index (χ2n) is 6.72. The van der Waals surface area contributed by atoms with Crippen LogP contribution in [0.1, 0.15) is 12.0 Å². The zero-order valence-corrected chi connectivity index (χ0v) is 13.4. The van der Waals surface area contributed by atoms with Crippen molar-refractivity contribution in [2.24, 2.45) is 0 Å². The monoisotopic (exact) mass is 317 g/mol. The highest BCUT2D eigenvalue weighted by Crippen LogP contribution is 2.36. The molecule has 0 N–H and O–H groups in total. The predicted molar refractivity (Wildman–Crippen MR) is 93.7 cm³/mol. The summed E-state index contributed by atoms with van der Waals surface area (Å²) in [6.07, 6.45) is 6.94. The van der Waals surface area contributed by atoms with Crippen molar-refractivity contribution in [1.29, 1.82) is 0 Å². The van der Waals surface area contributed by atoms with Crippen molar-refractivity contribution in [1.82, 2.24) is 19.9 Å². The van der Waals surface area contributed by atoms with Crippen LogP contribution in [0.3, 0.4) is 0 Å². The van der Waals surface area contributed by atoms with Crippen molar-refractivity contribution in [3.8, 4) is 0 Å². The van der Waals surface area contributed by atoms with Gasteiger partial charge in [-0.2, -0.15) is 0 Å². The molecule has 3 saturated heterocycles. The Morgan fingerprint density at radius 2 is 1.71 bits per heavy atom. The van der Waals surface area contributed by atoms with E-state index in [9.17, 15) is 0 Å². The third-order valence-electron chi connectivity index (χ3n) is 5.12. The Morgan fingerprint density at radius 1 is 0.958 bits per heavy atom. The minimum absolute atomic E-state index is 0.557. The van der Waals surface area contributed by atoms with Gasteiger partial charge in [0, 0.05) is 44.1 Å². The maximum absolute atomic E-state index is 4.83. The third kappa shape index (κ3) is 2.32. The molecule has 3 aliphatic rings. The van der Waals surface area contributed by atoms with E-state index < -0.39 is 0 Å². The van der Waals surface area contributed by atoms with Crippen LogP contribution >= 0.6 is 0 Å². The fourth-order valence-corrected chi connectivity index (χ4v) is 4.02. The van der Waals surface area contributed by atoms with Gasteiger partial charge in [-0.05, 0) is 36.2 Å². The Kier molecular flexibility index (Phi) is 3.19. The van der Waals surface area contributed by atoms with Gasteiger partial charge in [0.2, 0.25) is 0 Å². The molecule has 120 valence electrons. The first-order valence-electron chi connectivity index (χ1n) is 8.48. The summed E-state index contributed by atoms with van der Waals surface area (Å²) in [5.74, 6) is 1.03. The molecular weight excluding hydrogens is 298 g/mol. The molecule has 0 amide bonds. The summed E-state index contributed by atoms with van der Waals surface area (Å²) < 4.78 is 0. The van der Waals surface area contributed by atoms with E-state index in [4.69, 9.17) is 4.98 Å². The summed E-state index contributed by atoms with van der Waals surface area (Å²) in [5.41, 5.74) is 3.28. The molecule has 2 atom stereocenters. The molecule has 0 radical (unpaired) electrons. The summed E-state index contributed by atoms with van der Waals surface area (Å²) in [4.78, 5) is 18.5. The number of anilines is 1. The SMILES string of the molecule is c1ccc2nc(N3C4CC3CN(Cc3ccncc3)C4)cnc2c1. The molecule has 3 aliphatic heterocycles. The standard InChI is InChI=1S/C19H19N5/c1-2-4-18-17(3-1)21-10-19(22-18)24-15-9-16(24)13-23(12-15)11-14-5-7-20-8-6-14/h1-8,10,15-16H,9,11-13H2. The molecule has 5 heterocycles. The van der Waals surface area contributed by atoms with E-state index in [0.717, 1.165) is 36.5 Å². The lowest BCUT2D eigenvalue weighted by atomic mass is 9.87. The number of pyridine rings is 1. The maximum Gasteiger partial charge on any atom is 0.148 e. The summed E-state index contributed by atoms with van der Waals surface area (Å²) in [7, 11) is 0. The Hall–Kier alpha value is -2.53. The van der Waals surface area contributed by atoms with Gasteiger partial charge < -0.3 is 4.90 Å². The van der Waals surface area contributed by atoms with E-state index in [1.807, 2.05) is 42.9 Å². The summed E-state index contributed by atoms with van der Waals surface area (Å²) in [5, 5.41) is 0. The first-order valence-corrected chi connectivity index (χ1v) is 8.48. The molecule has 2 unspecified atom stereocenters. The van der Waals surface area contributed by atoms with Crippen molar-refractivity contribution < 1.29 is 0 Å². The molecule has 24 heavy (non-hydrogen) atoms. The van der Waals surface area contributed by atoms with E-state index in [1.54, 1.807) is 0 Å². The van der Waals surface area contributed by atoms with E-state index in [1.165, 1.54) is 12.0 Å². The molecule has 2 bridgehead atoms. The number of hydrogen-bond acceptors (Lipinski definition) is 5. The van der Waals surface area contributed by atoms with Crippen LogP contribution in [-0.4, -0.2) is 45.0 Å². The van der Waals surface area contributed by atoms with Crippen LogP contribution in [0.4, 0.5) is 5.82 Å². The molecular formula is C19H19N5. The smallest absolute Gasteiger partial charge is 0.148 e. The van der Waals surface area contributed by atoms with Crippen LogP contribution in [0.25, 0.3) is 11.0 Å². The summed E-state index contributed by atoms with van der Waals surface area (Å²) in [6, 6.07) is 13.4. The van der Waals surface area contributed by atoms with Crippen molar-refractivity contribution in [3.05, 3.63) is 60.6 Å². The zero-order chi connectivity index (χ0) is 15.9. The molecule has 0 aliphatic carbocycles. The van der Waals surface area contributed by atoms with Gasteiger partial charge in [-0.1, -0.05) is 12.1 Å². The van der Waals surface area contributed by atoms with Crippen LogP contribution < -0.4 is 4.90 Å². The number of fused-ring (bicyclic) bond motifs is 3. The van der Waals surface area contributed by atoms with Crippen LogP contribution in [0, 0.1) is 0 Å². The Balaban J connectivity index is 1.33. The van der Waals surface area contributed by atoms with Crippen LogP contribution in [0.2, 0.25) is 0 Å². The summed E-state index contributed by atoms with van der Waals surface area (Å²) >= 11 is 0. The average molecular weight is 317 g/mol. The predicted octanol–water partition coefficient (Wildman–Crippen LogP) is 2.49. The van der Waals surface area contributed by atoms with Crippen molar-refractivity contribution in [3.63, 3.8) is 0 Å². The number of aromatic nitrogens is 3. The highest BCUT2D eigenvalue weighted by atomic mass is 15.4. The first-order chi connectivity index (χ1) is 11.9. The Bertz CT molecular complexity index is 854. The van der Waals surface area contributed by atoms with Gasteiger partial charge in [-0.3, -0.25) is 14.9 Å². The highest BCUT2D eigenvalue weighted by molar-refractivity contribution is 5.75. The molecule has 1 aromatic carbocycles. The lowest BCUT2D eigenvalue weighted by Gasteiger charge is -2.57. The van der Waals surface area contributed by atoms with Gasteiger partial charge in [0.05, 0.1) is 17.2 Å². The number of piperidine rings is 1. The lowest BCUT2D eigenvalue weighted by Crippen LogP contribution is -2.69.